The molecule has 0 saturated carbocycles. The van der Waals surface area contributed by atoms with Gasteiger partial charge in [-0.25, -0.2) is 0 Å². The average Bonchev–Trinajstić information content (AvgIpc) is 2.29. The monoisotopic (exact) mass is 248 g/mol. The minimum absolute atomic E-state index is 0.0334. The number of ether oxygens (including phenoxy) is 4. The quantitative estimate of drug-likeness (QED) is 0.325. The van der Waals surface area contributed by atoms with Crippen LogP contribution in [0.4, 0.5) is 0 Å². The second kappa shape index (κ2) is 10.8. The van der Waals surface area contributed by atoms with Gasteiger partial charge in [0.2, 0.25) is 0 Å². The zero-order chi connectivity index (χ0) is 11.5. The first kappa shape index (κ1) is 15.3. The van der Waals surface area contributed by atoms with Gasteiger partial charge in [0.25, 0.3) is 0 Å². The first-order valence-corrected chi connectivity index (χ1v) is 7.43. The summed E-state index contributed by atoms with van der Waals surface area (Å²) in [6, 6.07) is 2.28. The van der Waals surface area contributed by atoms with Gasteiger partial charge in [-0.1, -0.05) is 18.5 Å². The average molecular weight is 248 g/mol. The lowest BCUT2D eigenvalue weighted by Crippen LogP contribution is -2.23. The van der Waals surface area contributed by atoms with Crippen LogP contribution in [0.25, 0.3) is 0 Å². The molecule has 6 heteroatoms. The Balaban J connectivity index is 3.30. The minimum atomic E-state index is -0.0334. The molecule has 0 fully saturated rings. The van der Waals surface area contributed by atoms with E-state index in [-0.39, 0.29) is 11.8 Å². The van der Waals surface area contributed by atoms with Gasteiger partial charge in [-0.15, -0.1) is 0 Å². The Morgan fingerprint density at radius 1 is 0.733 bits per heavy atom. The van der Waals surface area contributed by atoms with Crippen molar-refractivity contribution in [3.63, 3.8) is 0 Å². The first-order valence-electron chi connectivity index (χ1n) is 4.86. The second-order valence-electron chi connectivity index (χ2n) is 2.87. The molecule has 4 radical (unpaired) electrons. The second-order valence-corrected chi connectivity index (χ2v) is 5.63. The number of hydrogen-bond acceptors (Lipinski definition) is 4. The van der Waals surface area contributed by atoms with E-state index in [9.17, 15) is 0 Å². The van der Waals surface area contributed by atoms with E-state index in [0.717, 1.165) is 12.1 Å². The number of methoxy groups -OCH3 is 4. The summed E-state index contributed by atoms with van der Waals surface area (Å²) in [6.07, 6.45) is 1.17. The molecule has 0 saturated heterocycles. The van der Waals surface area contributed by atoms with Gasteiger partial charge in [0.1, 0.15) is 30.9 Å². The van der Waals surface area contributed by atoms with E-state index in [1.165, 1.54) is 6.42 Å². The maximum Gasteiger partial charge on any atom is 0.136 e. The van der Waals surface area contributed by atoms with Crippen LogP contribution in [0.3, 0.4) is 0 Å². The molecule has 0 amide bonds. The smallest absolute Gasteiger partial charge is 0.136 e. The molecule has 0 rings (SSSR count). The van der Waals surface area contributed by atoms with E-state index in [2.05, 4.69) is 0 Å². The summed E-state index contributed by atoms with van der Waals surface area (Å²) in [5, 5.41) is 0. The zero-order valence-electron chi connectivity index (χ0n) is 9.91. The summed E-state index contributed by atoms with van der Waals surface area (Å²) in [5.74, 6) is -0.0667. The predicted octanol–water partition coefficient (Wildman–Crippen LogP) is 0.774. The lowest BCUT2D eigenvalue weighted by Gasteiger charge is -2.13. The third-order valence-corrected chi connectivity index (χ3v) is 4.73. The Morgan fingerprint density at radius 2 is 1.07 bits per heavy atom. The molecule has 0 atom stereocenters. The van der Waals surface area contributed by atoms with Crippen LogP contribution < -0.4 is 0 Å². The van der Waals surface area contributed by atoms with E-state index in [1.807, 2.05) is 0 Å². The largest absolute Gasteiger partial charge is 0.360 e. The van der Waals surface area contributed by atoms with Gasteiger partial charge in [-0.3, -0.25) is 0 Å². The molecule has 0 aliphatic rings. The molecule has 0 aromatic carbocycles. The van der Waals surface area contributed by atoms with Crippen LogP contribution in [-0.4, -0.2) is 59.3 Å². The van der Waals surface area contributed by atoms with Crippen LogP contribution in [-0.2, 0) is 18.9 Å². The minimum Gasteiger partial charge on any atom is -0.360 e. The lowest BCUT2D eigenvalue weighted by molar-refractivity contribution is -0.0445. The summed E-state index contributed by atoms with van der Waals surface area (Å²) in [4.78, 5) is 0. The van der Waals surface area contributed by atoms with Crippen LogP contribution in [0.2, 0.25) is 12.1 Å². The Bertz CT molecular complexity index is 115. The molecule has 0 aliphatic heterocycles. The van der Waals surface area contributed by atoms with Gasteiger partial charge in [-0.2, -0.15) is 0 Å². The molecule has 4 nitrogen and oxygen atoms in total. The molecule has 0 spiro atoms. The summed E-state index contributed by atoms with van der Waals surface area (Å²) >= 11 is 0. The molecule has 0 aromatic rings. The van der Waals surface area contributed by atoms with Crippen molar-refractivity contribution in [1.29, 1.82) is 0 Å². The van der Waals surface area contributed by atoms with E-state index in [0.29, 0.717) is 19.0 Å². The molecule has 0 unspecified atom stereocenters. The standard InChI is InChI=1S/C9H20O4Si2/c1-10-8(11-2)14-6-5-7-15-9(12-3)13-4/h8-9H,5-7H2,1-4H3. The van der Waals surface area contributed by atoms with E-state index in [4.69, 9.17) is 18.9 Å². The highest BCUT2D eigenvalue weighted by atomic mass is 28.2. The fourth-order valence-electron chi connectivity index (χ4n) is 1.05. The zero-order valence-corrected chi connectivity index (χ0v) is 11.9. The van der Waals surface area contributed by atoms with Gasteiger partial charge < -0.3 is 18.9 Å². The van der Waals surface area contributed by atoms with E-state index >= 15 is 0 Å². The van der Waals surface area contributed by atoms with Crippen molar-refractivity contribution in [2.45, 2.75) is 30.3 Å². The number of rotatable bonds is 10. The van der Waals surface area contributed by atoms with E-state index in [1.54, 1.807) is 28.4 Å². The fraction of sp³-hybridized carbons (Fsp3) is 1.00. The van der Waals surface area contributed by atoms with Crippen molar-refractivity contribution in [2.75, 3.05) is 28.4 Å². The lowest BCUT2D eigenvalue weighted by atomic mass is 10.6. The van der Waals surface area contributed by atoms with Crippen molar-refractivity contribution < 1.29 is 18.9 Å². The van der Waals surface area contributed by atoms with Crippen molar-refractivity contribution >= 4 is 19.0 Å². The van der Waals surface area contributed by atoms with Gasteiger partial charge >= 0.3 is 0 Å². The van der Waals surface area contributed by atoms with Crippen molar-refractivity contribution in [2.24, 2.45) is 0 Å². The highest BCUT2D eigenvalue weighted by molar-refractivity contribution is 6.38. The SMILES string of the molecule is COC(OC)[Si]CCC[Si]C(OC)OC. The Kier molecular flexibility index (Phi) is 11.0. The van der Waals surface area contributed by atoms with Crippen LogP contribution in [0.5, 0.6) is 0 Å². The summed E-state index contributed by atoms with van der Waals surface area (Å²) in [7, 11) is 8.11. The van der Waals surface area contributed by atoms with Crippen LogP contribution in [0.15, 0.2) is 0 Å². The molecule has 0 aliphatic carbocycles. The third-order valence-electron chi connectivity index (χ3n) is 1.83. The molecule has 0 bridgehead atoms. The van der Waals surface area contributed by atoms with E-state index < -0.39 is 0 Å². The molecule has 0 aromatic heterocycles. The van der Waals surface area contributed by atoms with Gasteiger partial charge in [-0.05, 0) is 0 Å². The van der Waals surface area contributed by atoms with Crippen LogP contribution >= 0.6 is 0 Å². The van der Waals surface area contributed by atoms with Crippen molar-refractivity contribution in [3.8, 4) is 0 Å². The van der Waals surface area contributed by atoms with Crippen molar-refractivity contribution in [1.82, 2.24) is 0 Å². The molecule has 15 heavy (non-hydrogen) atoms. The molecule has 0 heterocycles. The van der Waals surface area contributed by atoms with Crippen molar-refractivity contribution in [3.05, 3.63) is 0 Å². The fourth-order valence-corrected chi connectivity index (χ4v) is 3.31. The summed E-state index contributed by atoms with van der Waals surface area (Å²) in [5.41, 5.74) is 0. The Hall–Kier alpha value is 0.274. The molecule has 0 N–H and O–H groups in total. The van der Waals surface area contributed by atoms with Gasteiger partial charge in [0.05, 0.1) is 0 Å². The molecule has 88 valence electrons. The van der Waals surface area contributed by atoms with Gasteiger partial charge in [0, 0.05) is 28.4 Å². The topological polar surface area (TPSA) is 36.9 Å². The summed E-state index contributed by atoms with van der Waals surface area (Å²) < 4.78 is 20.4. The third kappa shape index (κ3) is 8.12. The maximum atomic E-state index is 5.11. The first-order chi connectivity index (χ1) is 7.28. The highest BCUT2D eigenvalue weighted by Crippen LogP contribution is 2.02. The molecular formula is C9H20O4Si2. The van der Waals surface area contributed by atoms with Crippen LogP contribution in [0, 0.1) is 0 Å². The summed E-state index contributed by atoms with van der Waals surface area (Å²) in [6.45, 7) is 0. The van der Waals surface area contributed by atoms with Gasteiger partial charge in [0.15, 0.2) is 0 Å². The normalized spacial score (nSPS) is 11.6. The predicted molar refractivity (Wildman–Crippen MR) is 61.4 cm³/mol. The maximum absolute atomic E-state index is 5.11. The number of hydrogen-bond donors (Lipinski definition) is 0. The molecular weight excluding hydrogens is 228 g/mol. The van der Waals surface area contributed by atoms with Crippen LogP contribution in [0.1, 0.15) is 6.42 Å². The Labute approximate surface area is 97.3 Å². The highest BCUT2D eigenvalue weighted by Gasteiger charge is 2.08. The Morgan fingerprint density at radius 3 is 1.33 bits per heavy atom.